The van der Waals surface area contributed by atoms with E-state index in [1.807, 2.05) is 24.3 Å². The summed E-state index contributed by atoms with van der Waals surface area (Å²) in [4.78, 5) is 0. The van der Waals surface area contributed by atoms with Gasteiger partial charge in [0.25, 0.3) is 0 Å². The molecule has 0 saturated carbocycles. The Labute approximate surface area is 103 Å². The Kier molecular flexibility index (Phi) is 4.68. The highest BCUT2D eigenvalue weighted by molar-refractivity contribution is 5.31. The predicted octanol–water partition coefficient (Wildman–Crippen LogP) is 2.61. The highest BCUT2D eigenvalue weighted by atomic mass is 16.5. The number of benzene rings is 1. The second-order valence-electron chi connectivity index (χ2n) is 4.42. The van der Waals surface area contributed by atoms with Crippen LogP contribution in [0.4, 0.5) is 0 Å². The molecule has 1 aliphatic rings. The zero-order valence-corrected chi connectivity index (χ0v) is 10.4. The number of nitrogens with one attached hydrogen (secondary N) is 1. The Morgan fingerprint density at radius 2 is 1.88 bits per heavy atom. The summed E-state index contributed by atoms with van der Waals surface area (Å²) in [5.74, 6) is 1.83. The molecule has 0 bridgehead atoms. The van der Waals surface area contributed by atoms with Gasteiger partial charge in [0.05, 0.1) is 6.61 Å². The lowest BCUT2D eigenvalue weighted by atomic mass is 10.2. The van der Waals surface area contributed by atoms with Gasteiger partial charge in [-0.2, -0.15) is 0 Å². The summed E-state index contributed by atoms with van der Waals surface area (Å²) < 4.78 is 11.3. The normalized spacial score (nSPS) is 19.2. The van der Waals surface area contributed by atoms with Crippen molar-refractivity contribution < 1.29 is 9.47 Å². The molecule has 1 atom stereocenters. The first kappa shape index (κ1) is 12.2. The largest absolute Gasteiger partial charge is 0.494 e. The number of hydrogen-bond acceptors (Lipinski definition) is 3. The van der Waals surface area contributed by atoms with Crippen LogP contribution in [0.3, 0.4) is 0 Å². The highest BCUT2D eigenvalue weighted by Crippen LogP contribution is 2.18. The summed E-state index contributed by atoms with van der Waals surface area (Å²) in [6, 6.07) is 8.39. The summed E-state index contributed by atoms with van der Waals surface area (Å²) in [6.45, 7) is 4.76. The van der Waals surface area contributed by atoms with Crippen LogP contribution in [0.5, 0.6) is 11.5 Å². The maximum Gasteiger partial charge on any atom is 0.119 e. The van der Waals surface area contributed by atoms with Gasteiger partial charge in [-0.05, 0) is 50.1 Å². The van der Waals surface area contributed by atoms with Crippen LogP contribution >= 0.6 is 0 Å². The highest BCUT2D eigenvalue weighted by Gasteiger charge is 2.14. The molecular formula is C14H21NO2. The Bertz CT molecular complexity index is 317. The molecule has 0 spiro atoms. The number of rotatable bonds is 6. The molecule has 1 saturated heterocycles. The molecule has 3 nitrogen and oxygen atoms in total. The molecule has 1 aromatic carbocycles. The summed E-state index contributed by atoms with van der Waals surface area (Å²) in [5.41, 5.74) is 0. The number of hydrogen-bond donors (Lipinski definition) is 1. The molecule has 3 heteroatoms. The van der Waals surface area contributed by atoms with E-state index >= 15 is 0 Å². The second kappa shape index (κ2) is 6.50. The topological polar surface area (TPSA) is 30.5 Å². The van der Waals surface area contributed by atoms with Gasteiger partial charge < -0.3 is 14.8 Å². The van der Waals surface area contributed by atoms with Gasteiger partial charge in [-0.3, -0.25) is 0 Å². The van der Waals surface area contributed by atoms with Crippen LogP contribution in [0, 0.1) is 0 Å². The maximum atomic E-state index is 5.73. The number of ether oxygens (including phenoxy) is 2. The van der Waals surface area contributed by atoms with Crippen molar-refractivity contribution in [2.45, 2.75) is 32.2 Å². The molecule has 0 unspecified atom stereocenters. The van der Waals surface area contributed by atoms with E-state index in [-0.39, 0.29) is 0 Å². The van der Waals surface area contributed by atoms with Crippen LogP contribution in [-0.4, -0.2) is 25.8 Å². The minimum Gasteiger partial charge on any atom is -0.494 e. The van der Waals surface area contributed by atoms with Crippen LogP contribution in [0.25, 0.3) is 0 Å². The Balaban J connectivity index is 1.76. The van der Waals surface area contributed by atoms with Crippen molar-refractivity contribution in [3.8, 4) is 11.5 Å². The van der Waals surface area contributed by atoms with Gasteiger partial charge >= 0.3 is 0 Å². The molecule has 0 aliphatic carbocycles. The van der Waals surface area contributed by atoms with E-state index in [1.165, 1.54) is 12.8 Å². The third-order valence-electron chi connectivity index (χ3n) is 2.91. The Morgan fingerprint density at radius 3 is 2.47 bits per heavy atom. The fraction of sp³-hybridized carbons (Fsp3) is 0.571. The van der Waals surface area contributed by atoms with Gasteiger partial charge in [0, 0.05) is 6.04 Å². The molecule has 1 fully saturated rings. The minimum atomic E-state index is 0.519. The monoisotopic (exact) mass is 235 g/mol. The predicted molar refractivity (Wildman–Crippen MR) is 68.7 cm³/mol. The molecule has 0 amide bonds. The molecule has 94 valence electrons. The fourth-order valence-electron chi connectivity index (χ4n) is 1.95. The van der Waals surface area contributed by atoms with Crippen LogP contribution in [0.2, 0.25) is 0 Å². The van der Waals surface area contributed by atoms with Crippen molar-refractivity contribution >= 4 is 0 Å². The van der Waals surface area contributed by atoms with Crippen molar-refractivity contribution in [2.24, 2.45) is 0 Å². The summed E-state index contributed by atoms with van der Waals surface area (Å²) >= 11 is 0. The third kappa shape index (κ3) is 3.93. The second-order valence-corrected chi connectivity index (χ2v) is 4.42. The first-order valence-corrected chi connectivity index (χ1v) is 6.47. The Morgan fingerprint density at radius 1 is 1.18 bits per heavy atom. The van der Waals surface area contributed by atoms with E-state index in [4.69, 9.17) is 9.47 Å². The molecule has 1 aliphatic heterocycles. The molecule has 0 aromatic heterocycles. The average Bonchev–Trinajstić information content (AvgIpc) is 2.88. The quantitative estimate of drug-likeness (QED) is 0.822. The van der Waals surface area contributed by atoms with Gasteiger partial charge in [0.15, 0.2) is 0 Å². The molecule has 1 heterocycles. The summed E-state index contributed by atoms with van der Waals surface area (Å²) in [6.07, 6.45) is 3.51. The van der Waals surface area contributed by atoms with Crippen LogP contribution < -0.4 is 14.8 Å². The van der Waals surface area contributed by atoms with Crippen LogP contribution in [0.1, 0.15) is 26.2 Å². The molecule has 1 N–H and O–H groups in total. The van der Waals surface area contributed by atoms with E-state index in [9.17, 15) is 0 Å². The SMILES string of the molecule is CCCOc1ccc(OC[C@@H]2CCCN2)cc1. The minimum absolute atomic E-state index is 0.519. The first-order chi connectivity index (χ1) is 8.38. The van der Waals surface area contributed by atoms with Crippen molar-refractivity contribution in [3.05, 3.63) is 24.3 Å². The molecule has 0 radical (unpaired) electrons. The van der Waals surface area contributed by atoms with Gasteiger partial charge in [-0.1, -0.05) is 6.92 Å². The van der Waals surface area contributed by atoms with Crippen LogP contribution in [-0.2, 0) is 0 Å². The lowest BCUT2D eigenvalue weighted by Gasteiger charge is -2.12. The standard InChI is InChI=1S/C14H21NO2/c1-2-10-16-13-5-7-14(8-6-13)17-11-12-4-3-9-15-12/h5-8,12,15H,2-4,9-11H2,1H3/t12-/m0/s1. The van der Waals surface area contributed by atoms with Gasteiger partial charge in [0.1, 0.15) is 18.1 Å². The van der Waals surface area contributed by atoms with Crippen LogP contribution in [0.15, 0.2) is 24.3 Å². The van der Waals surface area contributed by atoms with Gasteiger partial charge in [-0.15, -0.1) is 0 Å². The molecule has 2 rings (SSSR count). The van der Waals surface area contributed by atoms with Crippen molar-refractivity contribution in [3.63, 3.8) is 0 Å². The summed E-state index contributed by atoms with van der Waals surface area (Å²) in [5, 5.41) is 3.42. The zero-order valence-electron chi connectivity index (χ0n) is 10.4. The van der Waals surface area contributed by atoms with Gasteiger partial charge in [0.2, 0.25) is 0 Å². The van der Waals surface area contributed by atoms with Crippen molar-refractivity contribution in [2.75, 3.05) is 19.8 Å². The van der Waals surface area contributed by atoms with E-state index < -0.39 is 0 Å². The lowest BCUT2D eigenvalue weighted by molar-refractivity contribution is 0.276. The first-order valence-electron chi connectivity index (χ1n) is 6.47. The fourth-order valence-corrected chi connectivity index (χ4v) is 1.95. The smallest absolute Gasteiger partial charge is 0.119 e. The van der Waals surface area contributed by atoms with E-state index in [0.29, 0.717) is 6.04 Å². The lowest BCUT2D eigenvalue weighted by Crippen LogP contribution is -2.28. The van der Waals surface area contributed by atoms with Crippen molar-refractivity contribution in [1.82, 2.24) is 5.32 Å². The Hall–Kier alpha value is -1.22. The average molecular weight is 235 g/mol. The van der Waals surface area contributed by atoms with E-state index in [2.05, 4.69) is 12.2 Å². The third-order valence-corrected chi connectivity index (χ3v) is 2.91. The molecule has 1 aromatic rings. The van der Waals surface area contributed by atoms with E-state index in [1.54, 1.807) is 0 Å². The summed E-state index contributed by atoms with van der Waals surface area (Å²) in [7, 11) is 0. The molecular weight excluding hydrogens is 214 g/mol. The van der Waals surface area contributed by atoms with E-state index in [0.717, 1.165) is 37.7 Å². The molecule has 17 heavy (non-hydrogen) atoms. The van der Waals surface area contributed by atoms with Crippen molar-refractivity contribution in [1.29, 1.82) is 0 Å². The maximum absolute atomic E-state index is 5.73. The van der Waals surface area contributed by atoms with Gasteiger partial charge in [-0.25, -0.2) is 0 Å². The zero-order chi connectivity index (χ0) is 11.9.